The van der Waals surface area contributed by atoms with Gasteiger partial charge < -0.3 is 30.5 Å². The molecule has 9 heteroatoms. The molecule has 6 aromatic carbocycles. The first kappa shape index (κ1) is 40.5. The zero-order chi connectivity index (χ0) is 35.5. The topological polar surface area (TPSA) is 91.4 Å². The van der Waals surface area contributed by atoms with Crippen molar-refractivity contribution in [1.29, 1.82) is 0 Å². The first-order valence-electron chi connectivity index (χ1n) is 15.6. The Kier molecular flexibility index (Phi) is 21.0. The predicted octanol–water partition coefficient (Wildman–Crippen LogP) is 9.99. The van der Waals surface area contributed by atoms with Crippen LogP contribution in [0.5, 0.6) is 0 Å². The molecule has 49 heavy (non-hydrogen) atoms. The average Bonchev–Trinajstić information content (AvgIpc) is 3.15. The summed E-state index contributed by atoms with van der Waals surface area (Å²) in [5.74, 6) is 0. The van der Waals surface area contributed by atoms with E-state index in [1.165, 1.54) is 22.4 Å². The van der Waals surface area contributed by atoms with Gasteiger partial charge in [-0.05, 0) is 85.3 Å². The van der Waals surface area contributed by atoms with Crippen molar-refractivity contribution in [2.75, 3.05) is 32.3 Å². The number of hydrogen-bond donors (Lipinski definition) is 8. The van der Waals surface area contributed by atoms with Gasteiger partial charge >= 0.3 is 0 Å². The predicted molar refractivity (Wildman–Crippen MR) is 225 cm³/mol. The van der Waals surface area contributed by atoms with Crippen LogP contribution in [-0.2, 0) is 13.1 Å². The van der Waals surface area contributed by atoms with E-state index in [1.54, 1.807) is 0 Å². The van der Waals surface area contributed by atoms with Gasteiger partial charge in [0.2, 0.25) is 0 Å². The molecule has 6 aromatic rings. The van der Waals surface area contributed by atoms with Crippen molar-refractivity contribution in [3.63, 3.8) is 0 Å². The molecule has 7 N–H and O–H groups in total. The monoisotopic (exact) mass is 708 g/mol. The molecule has 0 atom stereocenters. The summed E-state index contributed by atoms with van der Waals surface area (Å²) < 4.78 is 7.38. The van der Waals surface area contributed by atoms with Crippen LogP contribution in [0.2, 0.25) is 0 Å². The largest absolute Gasteiger partial charge is 0.399 e. The van der Waals surface area contributed by atoms with E-state index in [2.05, 4.69) is 103 Å². The van der Waals surface area contributed by atoms with Gasteiger partial charge in [-0.1, -0.05) is 154 Å². The summed E-state index contributed by atoms with van der Waals surface area (Å²) in [6, 6.07) is 55.2. The summed E-state index contributed by atoms with van der Waals surface area (Å²) in [5, 5.41) is 3.12. The molecular weight excluding hydrogens is 661 g/mol. The van der Waals surface area contributed by atoms with Crippen molar-refractivity contribution in [2.45, 2.75) is 20.0 Å². The van der Waals surface area contributed by atoms with Crippen molar-refractivity contribution in [2.24, 2.45) is 0 Å². The number of fused-ring (bicyclic) bond motifs is 1. The number of hydrogen-bond acceptors (Lipinski definition) is 9. The van der Waals surface area contributed by atoms with Crippen LogP contribution in [-0.4, -0.2) is 7.05 Å². The van der Waals surface area contributed by atoms with Crippen LogP contribution < -0.4 is 30.5 Å². The van der Waals surface area contributed by atoms with Gasteiger partial charge in [0.1, 0.15) is 0 Å². The number of benzene rings is 6. The number of aryl methyl sites for hydroxylation is 1. The minimum atomic E-state index is 0.822. The Morgan fingerprint density at radius 2 is 0.939 bits per heavy atom. The van der Waals surface area contributed by atoms with Crippen LogP contribution >= 0.6 is 38.4 Å². The third kappa shape index (κ3) is 17.9. The average molecular weight is 709 g/mol. The summed E-state index contributed by atoms with van der Waals surface area (Å²) in [7, 11) is 1.96. The zero-order valence-electron chi connectivity index (χ0n) is 28.0. The second-order valence-corrected chi connectivity index (χ2v) is 11.4. The molecule has 0 saturated heterocycles. The second kappa shape index (κ2) is 25.4. The Hall–Kier alpha value is -4.67. The fourth-order valence-electron chi connectivity index (χ4n) is 3.98. The van der Waals surface area contributed by atoms with E-state index in [9.17, 15) is 0 Å². The summed E-state index contributed by atoms with van der Waals surface area (Å²) >= 11 is 11.9. The highest BCUT2D eigenvalue weighted by Gasteiger charge is 2.17. The Bertz CT molecular complexity index is 1580. The van der Waals surface area contributed by atoms with Gasteiger partial charge in [0.15, 0.2) is 0 Å². The summed E-state index contributed by atoms with van der Waals surface area (Å²) in [4.78, 5) is 0. The maximum absolute atomic E-state index is 5.36. The Labute approximate surface area is 309 Å². The molecule has 0 unspecified atom stereocenters. The summed E-state index contributed by atoms with van der Waals surface area (Å²) in [5.41, 5.74) is 19.8. The third-order valence-electron chi connectivity index (χ3n) is 6.62. The molecule has 0 amide bonds. The van der Waals surface area contributed by atoms with Crippen LogP contribution in [0.3, 0.4) is 0 Å². The number of rotatable bonds is 4. The lowest BCUT2D eigenvalue weighted by Gasteiger charge is -2.30. The quantitative estimate of drug-likeness (QED) is 0.0687. The number of nitrogens with zero attached hydrogens (tertiary/aromatic N) is 1. The van der Waals surface area contributed by atoms with E-state index in [0.29, 0.717) is 0 Å². The Balaban J connectivity index is 0.000000205. The lowest BCUT2D eigenvalue weighted by molar-refractivity contribution is 0.812. The fourth-order valence-corrected chi connectivity index (χ4v) is 4.63. The van der Waals surface area contributed by atoms with Gasteiger partial charge in [-0.3, -0.25) is 0 Å². The molecule has 0 saturated carbocycles. The smallest absolute Gasteiger partial charge is 0.0564 e. The van der Waals surface area contributed by atoms with E-state index in [-0.39, 0.29) is 0 Å². The highest BCUT2D eigenvalue weighted by molar-refractivity contribution is 7.82. The lowest BCUT2D eigenvalue weighted by atomic mass is 10.1. The first-order valence-corrected chi connectivity index (χ1v) is 16.9. The molecule has 1 heterocycles. The van der Waals surface area contributed by atoms with Gasteiger partial charge in [0.05, 0.1) is 12.2 Å². The van der Waals surface area contributed by atoms with Gasteiger partial charge in [-0.25, -0.2) is 0 Å². The summed E-state index contributed by atoms with van der Waals surface area (Å²) in [6.07, 6.45) is 0. The van der Waals surface area contributed by atoms with Crippen LogP contribution in [0.15, 0.2) is 170 Å². The molecule has 1 aliphatic rings. The molecular formula is C40H48N6S3. The van der Waals surface area contributed by atoms with Crippen LogP contribution in [0.1, 0.15) is 16.7 Å². The third-order valence-corrected chi connectivity index (χ3v) is 7.50. The van der Waals surface area contributed by atoms with Crippen molar-refractivity contribution < 1.29 is 0 Å². The Morgan fingerprint density at radius 1 is 0.551 bits per heavy atom. The lowest BCUT2D eigenvalue weighted by Crippen LogP contribution is -2.21. The number of para-hydroxylation sites is 5. The van der Waals surface area contributed by atoms with E-state index < -0.39 is 0 Å². The molecule has 0 radical (unpaired) electrons. The SMILES string of the molecule is CNCc1ccccc1C.Nc1ccccc1.Nc1ccccc1.SN1Cc2ccccc21.SNc1ccccc1.SNc1ccccc1. The van der Waals surface area contributed by atoms with Gasteiger partial charge in [0.25, 0.3) is 0 Å². The van der Waals surface area contributed by atoms with Crippen molar-refractivity contribution in [3.05, 3.63) is 187 Å². The number of anilines is 5. The molecule has 0 spiro atoms. The number of nitrogen functional groups attached to an aromatic ring is 2. The Morgan fingerprint density at radius 3 is 1.24 bits per heavy atom. The molecule has 6 nitrogen and oxygen atoms in total. The van der Waals surface area contributed by atoms with E-state index in [1.807, 2.05) is 139 Å². The van der Waals surface area contributed by atoms with Crippen molar-refractivity contribution >= 4 is 66.9 Å². The second-order valence-electron chi connectivity index (χ2n) is 10.4. The zero-order valence-corrected chi connectivity index (χ0v) is 30.7. The van der Waals surface area contributed by atoms with Gasteiger partial charge in [-0.2, -0.15) is 0 Å². The van der Waals surface area contributed by atoms with Crippen LogP contribution in [0.25, 0.3) is 0 Å². The molecule has 1 aliphatic heterocycles. The fraction of sp³-hybridized carbons (Fsp3) is 0.100. The van der Waals surface area contributed by atoms with Crippen molar-refractivity contribution in [3.8, 4) is 0 Å². The van der Waals surface area contributed by atoms with Gasteiger partial charge in [-0.15, -0.1) is 0 Å². The van der Waals surface area contributed by atoms with Crippen LogP contribution in [0, 0.1) is 6.92 Å². The molecule has 256 valence electrons. The van der Waals surface area contributed by atoms with Crippen molar-refractivity contribution in [1.82, 2.24) is 5.32 Å². The van der Waals surface area contributed by atoms with E-state index in [0.717, 1.165) is 35.8 Å². The minimum Gasteiger partial charge on any atom is -0.399 e. The molecule has 0 aliphatic carbocycles. The summed E-state index contributed by atoms with van der Waals surface area (Å²) in [6.45, 7) is 4.08. The molecule has 0 aromatic heterocycles. The van der Waals surface area contributed by atoms with Gasteiger partial charge in [0, 0.05) is 29.3 Å². The van der Waals surface area contributed by atoms with E-state index in [4.69, 9.17) is 11.5 Å². The maximum Gasteiger partial charge on any atom is 0.0564 e. The number of thiol groups is 3. The normalized spacial score (nSPS) is 9.94. The number of nitrogens with two attached hydrogens (primary N) is 2. The van der Waals surface area contributed by atoms with Crippen LogP contribution in [0.4, 0.5) is 28.4 Å². The molecule has 0 bridgehead atoms. The molecule has 0 fully saturated rings. The first-order chi connectivity index (χ1) is 23.9. The highest BCUT2D eigenvalue weighted by Crippen LogP contribution is 2.33. The maximum atomic E-state index is 5.36. The molecule has 7 rings (SSSR count). The van der Waals surface area contributed by atoms with E-state index >= 15 is 0 Å². The number of nitrogens with one attached hydrogen (secondary N) is 3. The highest BCUT2D eigenvalue weighted by atomic mass is 32.1. The standard InChI is InChI=1S/C9H13N.C7H7NS.2C6H7NS.2C6H7N/c1-8-5-3-4-6-9(8)7-10-2;9-8-5-6-3-1-2-4-7(6)8;2*8-7-6-4-2-1-3-5-6;2*7-6-4-2-1-3-5-6/h3-6,10H,7H2,1-2H3;1-4,9H,5H2;2*1-5,7-8H;2*1-5H,7H2. The minimum absolute atomic E-state index is 0.822.